The van der Waals surface area contributed by atoms with Gasteiger partial charge in [0.25, 0.3) is 0 Å². The Hall–Kier alpha value is -2.23. The number of nitrogens with zero attached hydrogens (tertiary/aromatic N) is 2. The van der Waals surface area contributed by atoms with E-state index in [0.29, 0.717) is 16.9 Å². The summed E-state index contributed by atoms with van der Waals surface area (Å²) in [4.78, 5) is 11.5. The van der Waals surface area contributed by atoms with Crippen LogP contribution in [0.1, 0.15) is 5.69 Å². The first-order chi connectivity index (χ1) is 8.24. The molecule has 17 heavy (non-hydrogen) atoms. The SMILES string of the molecule is Cc1ccc(-c2nc3c(F)cccc3[nH]2)cn1. The number of hydrogen-bond donors (Lipinski definition) is 1. The Morgan fingerprint density at radius 3 is 2.76 bits per heavy atom. The number of imidazole rings is 1. The number of para-hydroxylation sites is 1. The zero-order valence-electron chi connectivity index (χ0n) is 9.24. The Morgan fingerprint density at radius 2 is 2.06 bits per heavy atom. The van der Waals surface area contributed by atoms with Crippen molar-refractivity contribution in [3.05, 3.63) is 48.0 Å². The van der Waals surface area contributed by atoms with Gasteiger partial charge in [-0.2, -0.15) is 0 Å². The summed E-state index contributed by atoms with van der Waals surface area (Å²) in [6, 6.07) is 8.68. The number of aromatic nitrogens is 3. The molecular weight excluding hydrogens is 217 g/mol. The van der Waals surface area contributed by atoms with Crippen LogP contribution < -0.4 is 0 Å². The molecule has 4 heteroatoms. The molecule has 0 amide bonds. The van der Waals surface area contributed by atoms with Gasteiger partial charge in [0.05, 0.1) is 5.52 Å². The molecule has 2 heterocycles. The van der Waals surface area contributed by atoms with Crippen LogP contribution in [0, 0.1) is 12.7 Å². The molecule has 3 nitrogen and oxygen atoms in total. The summed E-state index contributed by atoms with van der Waals surface area (Å²) < 4.78 is 13.5. The summed E-state index contributed by atoms with van der Waals surface area (Å²) in [5, 5.41) is 0. The molecule has 0 saturated heterocycles. The largest absolute Gasteiger partial charge is 0.338 e. The highest BCUT2D eigenvalue weighted by atomic mass is 19.1. The molecule has 2 aromatic heterocycles. The van der Waals surface area contributed by atoms with Crippen molar-refractivity contribution in [2.75, 3.05) is 0 Å². The van der Waals surface area contributed by atoms with Crippen molar-refractivity contribution >= 4 is 11.0 Å². The number of pyridine rings is 1. The normalized spacial score (nSPS) is 10.9. The fraction of sp³-hybridized carbons (Fsp3) is 0.0769. The van der Waals surface area contributed by atoms with Crippen molar-refractivity contribution in [2.45, 2.75) is 6.92 Å². The van der Waals surface area contributed by atoms with Gasteiger partial charge in [-0.05, 0) is 31.2 Å². The monoisotopic (exact) mass is 227 g/mol. The Bertz CT molecular complexity index is 671. The number of aromatic amines is 1. The maximum Gasteiger partial charge on any atom is 0.151 e. The fourth-order valence-electron chi connectivity index (χ4n) is 1.74. The van der Waals surface area contributed by atoms with Crippen LogP contribution in [-0.4, -0.2) is 15.0 Å². The third-order valence-corrected chi connectivity index (χ3v) is 2.65. The van der Waals surface area contributed by atoms with E-state index in [0.717, 1.165) is 11.3 Å². The van der Waals surface area contributed by atoms with Gasteiger partial charge in [0, 0.05) is 17.5 Å². The first-order valence-corrected chi connectivity index (χ1v) is 5.31. The minimum absolute atomic E-state index is 0.315. The molecule has 1 N–H and O–H groups in total. The number of hydrogen-bond acceptors (Lipinski definition) is 2. The van der Waals surface area contributed by atoms with Crippen molar-refractivity contribution in [3.63, 3.8) is 0 Å². The van der Waals surface area contributed by atoms with Crippen molar-refractivity contribution < 1.29 is 4.39 Å². The summed E-state index contributed by atoms with van der Waals surface area (Å²) in [6.07, 6.45) is 1.73. The highest BCUT2D eigenvalue weighted by Crippen LogP contribution is 2.21. The summed E-state index contributed by atoms with van der Waals surface area (Å²) in [7, 11) is 0. The molecule has 0 atom stereocenters. The highest BCUT2D eigenvalue weighted by molar-refractivity contribution is 5.79. The topological polar surface area (TPSA) is 41.6 Å². The van der Waals surface area contributed by atoms with Crippen LogP contribution >= 0.6 is 0 Å². The first kappa shape index (κ1) is 9.96. The minimum Gasteiger partial charge on any atom is -0.338 e. The molecule has 0 aliphatic heterocycles. The third-order valence-electron chi connectivity index (χ3n) is 2.65. The van der Waals surface area contributed by atoms with E-state index in [9.17, 15) is 4.39 Å². The van der Waals surface area contributed by atoms with Gasteiger partial charge in [-0.15, -0.1) is 0 Å². The van der Waals surface area contributed by atoms with E-state index in [1.165, 1.54) is 6.07 Å². The second-order valence-corrected chi connectivity index (χ2v) is 3.91. The number of fused-ring (bicyclic) bond motifs is 1. The zero-order valence-corrected chi connectivity index (χ0v) is 9.24. The van der Waals surface area contributed by atoms with Gasteiger partial charge in [0.15, 0.2) is 5.82 Å². The summed E-state index contributed by atoms with van der Waals surface area (Å²) in [5.41, 5.74) is 2.85. The summed E-state index contributed by atoms with van der Waals surface area (Å²) in [5.74, 6) is 0.322. The number of nitrogens with one attached hydrogen (secondary N) is 1. The first-order valence-electron chi connectivity index (χ1n) is 5.31. The van der Waals surface area contributed by atoms with Gasteiger partial charge in [-0.1, -0.05) is 6.07 Å². The highest BCUT2D eigenvalue weighted by Gasteiger charge is 2.08. The van der Waals surface area contributed by atoms with Crippen LogP contribution in [0.25, 0.3) is 22.4 Å². The molecule has 0 aliphatic rings. The van der Waals surface area contributed by atoms with Crippen LogP contribution in [0.4, 0.5) is 4.39 Å². The smallest absolute Gasteiger partial charge is 0.151 e. The van der Waals surface area contributed by atoms with Crippen LogP contribution in [0.15, 0.2) is 36.5 Å². The zero-order chi connectivity index (χ0) is 11.8. The second kappa shape index (κ2) is 3.66. The predicted molar refractivity (Wildman–Crippen MR) is 64.0 cm³/mol. The maximum atomic E-state index is 13.5. The molecule has 0 radical (unpaired) electrons. The van der Waals surface area contributed by atoms with E-state index in [4.69, 9.17) is 0 Å². The van der Waals surface area contributed by atoms with E-state index >= 15 is 0 Å². The second-order valence-electron chi connectivity index (χ2n) is 3.91. The molecule has 0 aliphatic carbocycles. The van der Waals surface area contributed by atoms with E-state index in [2.05, 4.69) is 15.0 Å². The van der Waals surface area contributed by atoms with Crippen molar-refractivity contribution in [1.82, 2.24) is 15.0 Å². The van der Waals surface area contributed by atoms with Crippen molar-refractivity contribution in [3.8, 4) is 11.4 Å². The lowest BCUT2D eigenvalue weighted by Gasteiger charge is -1.95. The maximum absolute atomic E-state index is 13.5. The lowest BCUT2D eigenvalue weighted by Crippen LogP contribution is -1.84. The average molecular weight is 227 g/mol. The Labute approximate surface area is 97.3 Å². The van der Waals surface area contributed by atoms with Crippen LogP contribution in [0.2, 0.25) is 0 Å². The third kappa shape index (κ3) is 1.67. The summed E-state index contributed by atoms with van der Waals surface area (Å²) in [6.45, 7) is 1.92. The number of rotatable bonds is 1. The molecule has 0 unspecified atom stereocenters. The van der Waals surface area contributed by atoms with Gasteiger partial charge in [-0.25, -0.2) is 9.37 Å². The Kier molecular flexibility index (Phi) is 2.14. The van der Waals surface area contributed by atoms with Gasteiger partial charge in [0.1, 0.15) is 11.3 Å². The van der Waals surface area contributed by atoms with Crippen LogP contribution in [0.3, 0.4) is 0 Å². The van der Waals surface area contributed by atoms with E-state index in [1.807, 2.05) is 19.1 Å². The molecule has 0 bridgehead atoms. The quantitative estimate of drug-likeness (QED) is 0.694. The molecule has 1 aromatic carbocycles. The van der Waals surface area contributed by atoms with E-state index < -0.39 is 0 Å². The van der Waals surface area contributed by atoms with Gasteiger partial charge in [0.2, 0.25) is 0 Å². The van der Waals surface area contributed by atoms with Gasteiger partial charge < -0.3 is 4.98 Å². The number of halogens is 1. The van der Waals surface area contributed by atoms with Crippen molar-refractivity contribution in [2.24, 2.45) is 0 Å². The Balaban J connectivity index is 2.18. The van der Waals surface area contributed by atoms with Crippen molar-refractivity contribution in [1.29, 1.82) is 0 Å². The molecule has 0 fully saturated rings. The molecule has 84 valence electrons. The summed E-state index contributed by atoms with van der Waals surface area (Å²) >= 11 is 0. The number of benzene rings is 1. The standard InChI is InChI=1S/C13H10FN3/c1-8-5-6-9(7-15-8)13-16-11-4-2-3-10(14)12(11)17-13/h2-7H,1H3,(H,16,17). The van der Waals surface area contributed by atoms with E-state index in [1.54, 1.807) is 18.3 Å². The number of aryl methyl sites for hydroxylation is 1. The van der Waals surface area contributed by atoms with Gasteiger partial charge in [-0.3, -0.25) is 4.98 Å². The number of H-pyrrole nitrogens is 1. The molecule has 3 aromatic rings. The van der Waals surface area contributed by atoms with Crippen LogP contribution in [-0.2, 0) is 0 Å². The fourth-order valence-corrected chi connectivity index (χ4v) is 1.74. The average Bonchev–Trinajstić information content (AvgIpc) is 2.75. The van der Waals surface area contributed by atoms with Gasteiger partial charge >= 0.3 is 0 Å². The lowest BCUT2D eigenvalue weighted by atomic mass is 10.2. The Morgan fingerprint density at radius 1 is 1.18 bits per heavy atom. The lowest BCUT2D eigenvalue weighted by molar-refractivity contribution is 0.637. The minimum atomic E-state index is -0.315. The molecule has 0 saturated carbocycles. The molecule has 0 spiro atoms. The molecule has 3 rings (SSSR count). The van der Waals surface area contributed by atoms with E-state index in [-0.39, 0.29) is 5.82 Å². The molecular formula is C13H10FN3. The van der Waals surface area contributed by atoms with Crippen LogP contribution in [0.5, 0.6) is 0 Å². The predicted octanol–water partition coefficient (Wildman–Crippen LogP) is 3.07.